The minimum Gasteiger partial charge on any atom is -0.497 e. The fourth-order valence-corrected chi connectivity index (χ4v) is 2.15. The molecular formula is C19H19N3O6. The van der Waals surface area contributed by atoms with Crippen LogP contribution in [0.15, 0.2) is 47.6 Å². The van der Waals surface area contributed by atoms with E-state index in [-0.39, 0.29) is 0 Å². The van der Waals surface area contributed by atoms with Crippen LogP contribution < -0.4 is 20.2 Å². The standard InChI is InChI=1S/C19H19N3O6/c1-26-15-8-9-16(27-2)13(10-15)11-20-22-18(24)17(23)21-14-6-4-12(5-7-14)19(25)28-3/h4-11H,1-3H3,(H,21,23)(H,22,24)/b20-11-. The van der Waals surface area contributed by atoms with Crippen molar-refractivity contribution in [2.45, 2.75) is 0 Å². The number of carbonyl (C=O) groups is 3. The van der Waals surface area contributed by atoms with Crippen molar-refractivity contribution in [1.29, 1.82) is 0 Å². The van der Waals surface area contributed by atoms with Gasteiger partial charge in [-0.05, 0) is 42.5 Å². The van der Waals surface area contributed by atoms with Gasteiger partial charge in [0.25, 0.3) is 0 Å². The first-order valence-corrected chi connectivity index (χ1v) is 8.03. The molecule has 146 valence electrons. The van der Waals surface area contributed by atoms with Gasteiger partial charge in [0.05, 0.1) is 33.1 Å². The van der Waals surface area contributed by atoms with Gasteiger partial charge >= 0.3 is 17.8 Å². The summed E-state index contributed by atoms with van der Waals surface area (Å²) in [6, 6.07) is 10.9. The molecule has 2 rings (SSSR count). The summed E-state index contributed by atoms with van der Waals surface area (Å²) in [5.74, 6) is -1.27. The van der Waals surface area contributed by atoms with E-state index in [1.165, 1.54) is 51.8 Å². The largest absolute Gasteiger partial charge is 0.497 e. The fraction of sp³-hybridized carbons (Fsp3) is 0.158. The van der Waals surface area contributed by atoms with E-state index in [0.29, 0.717) is 28.3 Å². The molecule has 0 unspecified atom stereocenters. The van der Waals surface area contributed by atoms with Crippen molar-refractivity contribution < 1.29 is 28.6 Å². The van der Waals surface area contributed by atoms with E-state index in [9.17, 15) is 14.4 Å². The summed E-state index contributed by atoms with van der Waals surface area (Å²) in [5.41, 5.74) is 3.34. The molecule has 9 nitrogen and oxygen atoms in total. The summed E-state index contributed by atoms with van der Waals surface area (Å²) in [5, 5.41) is 6.15. The van der Waals surface area contributed by atoms with Crippen molar-refractivity contribution in [2.24, 2.45) is 5.10 Å². The molecular weight excluding hydrogens is 366 g/mol. The summed E-state index contributed by atoms with van der Waals surface area (Å²) >= 11 is 0. The minimum atomic E-state index is -0.963. The van der Waals surface area contributed by atoms with Crippen LogP contribution >= 0.6 is 0 Å². The van der Waals surface area contributed by atoms with E-state index < -0.39 is 17.8 Å². The van der Waals surface area contributed by atoms with E-state index in [1.54, 1.807) is 18.2 Å². The lowest BCUT2D eigenvalue weighted by molar-refractivity contribution is -0.136. The second-order valence-electron chi connectivity index (χ2n) is 5.33. The van der Waals surface area contributed by atoms with Crippen molar-refractivity contribution in [3.8, 4) is 11.5 Å². The van der Waals surface area contributed by atoms with E-state index in [1.807, 2.05) is 0 Å². The number of carbonyl (C=O) groups excluding carboxylic acids is 3. The first kappa shape index (κ1) is 20.4. The number of nitrogens with one attached hydrogen (secondary N) is 2. The predicted octanol–water partition coefficient (Wildman–Crippen LogP) is 1.58. The zero-order chi connectivity index (χ0) is 20.5. The summed E-state index contributed by atoms with van der Waals surface area (Å²) in [6.07, 6.45) is 1.33. The predicted molar refractivity (Wildman–Crippen MR) is 102 cm³/mol. The van der Waals surface area contributed by atoms with Crippen LogP contribution in [-0.4, -0.2) is 45.3 Å². The molecule has 0 fully saturated rings. The molecule has 0 saturated heterocycles. The molecule has 0 spiro atoms. The van der Waals surface area contributed by atoms with Gasteiger partial charge in [0.1, 0.15) is 11.5 Å². The van der Waals surface area contributed by atoms with Crippen LogP contribution in [-0.2, 0) is 14.3 Å². The Hall–Kier alpha value is -3.88. The van der Waals surface area contributed by atoms with Gasteiger partial charge in [-0.1, -0.05) is 0 Å². The van der Waals surface area contributed by atoms with Crippen LogP contribution in [0.3, 0.4) is 0 Å². The minimum absolute atomic E-state index is 0.321. The van der Waals surface area contributed by atoms with Crippen molar-refractivity contribution >= 4 is 29.7 Å². The number of hydrogen-bond donors (Lipinski definition) is 2. The highest BCUT2D eigenvalue weighted by Crippen LogP contribution is 2.22. The Morgan fingerprint density at radius 1 is 0.929 bits per heavy atom. The zero-order valence-electron chi connectivity index (χ0n) is 15.5. The van der Waals surface area contributed by atoms with Gasteiger partial charge in [-0.15, -0.1) is 0 Å². The molecule has 0 aliphatic heterocycles. The number of amides is 2. The number of rotatable bonds is 6. The summed E-state index contributed by atoms with van der Waals surface area (Å²) in [7, 11) is 4.28. The molecule has 2 amide bonds. The summed E-state index contributed by atoms with van der Waals surface area (Å²) in [4.78, 5) is 35.2. The Labute approximate surface area is 161 Å². The number of ether oxygens (including phenoxy) is 3. The molecule has 0 bridgehead atoms. The maximum absolute atomic E-state index is 11.9. The number of hydrazone groups is 1. The Kier molecular flexibility index (Phi) is 7.09. The molecule has 0 aliphatic rings. The van der Waals surface area contributed by atoms with Gasteiger partial charge in [-0.2, -0.15) is 5.10 Å². The van der Waals surface area contributed by atoms with Crippen molar-refractivity contribution in [2.75, 3.05) is 26.6 Å². The van der Waals surface area contributed by atoms with Crippen LogP contribution in [0, 0.1) is 0 Å². The average molecular weight is 385 g/mol. The molecule has 2 N–H and O–H groups in total. The Balaban J connectivity index is 1.96. The number of anilines is 1. The van der Waals surface area contributed by atoms with Crippen LogP contribution in [0.4, 0.5) is 5.69 Å². The second-order valence-corrected chi connectivity index (χ2v) is 5.33. The summed E-state index contributed by atoms with van der Waals surface area (Å²) < 4.78 is 14.9. The lowest BCUT2D eigenvalue weighted by Crippen LogP contribution is -2.32. The monoisotopic (exact) mass is 385 g/mol. The molecule has 0 heterocycles. The molecule has 0 aliphatic carbocycles. The third-order valence-corrected chi connectivity index (χ3v) is 3.58. The van der Waals surface area contributed by atoms with Crippen molar-refractivity contribution in [1.82, 2.24) is 5.43 Å². The smallest absolute Gasteiger partial charge is 0.337 e. The number of benzene rings is 2. The fourth-order valence-electron chi connectivity index (χ4n) is 2.15. The normalized spacial score (nSPS) is 10.2. The number of methoxy groups -OCH3 is 3. The van der Waals surface area contributed by atoms with Gasteiger partial charge in [-0.25, -0.2) is 10.2 Å². The van der Waals surface area contributed by atoms with Crippen LogP contribution in [0.1, 0.15) is 15.9 Å². The Bertz CT molecular complexity index is 893. The van der Waals surface area contributed by atoms with Gasteiger partial charge in [0, 0.05) is 11.3 Å². The lowest BCUT2D eigenvalue weighted by atomic mass is 10.2. The maximum atomic E-state index is 11.9. The second kappa shape index (κ2) is 9.72. The third-order valence-electron chi connectivity index (χ3n) is 3.58. The quantitative estimate of drug-likeness (QED) is 0.338. The molecule has 28 heavy (non-hydrogen) atoms. The molecule has 2 aromatic rings. The lowest BCUT2D eigenvalue weighted by Gasteiger charge is -2.07. The maximum Gasteiger partial charge on any atom is 0.337 e. The highest BCUT2D eigenvalue weighted by Gasteiger charge is 2.13. The van der Waals surface area contributed by atoms with Crippen LogP contribution in [0.25, 0.3) is 0 Å². The third kappa shape index (κ3) is 5.31. The highest BCUT2D eigenvalue weighted by atomic mass is 16.5. The zero-order valence-corrected chi connectivity index (χ0v) is 15.5. The van der Waals surface area contributed by atoms with Crippen LogP contribution in [0.2, 0.25) is 0 Å². The Morgan fingerprint density at radius 2 is 1.64 bits per heavy atom. The number of hydrogen-bond acceptors (Lipinski definition) is 7. The SMILES string of the molecule is COC(=O)c1ccc(NC(=O)C(=O)N/N=C\c2cc(OC)ccc2OC)cc1. The van der Waals surface area contributed by atoms with E-state index in [2.05, 4.69) is 20.6 Å². The molecule has 0 radical (unpaired) electrons. The van der Waals surface area contributed by atoms with Crippen LogP contribution in [0.5, 0.6) is 11.5 Å². The number of nitrogens with zero attached hydrogens (tertiary/aromatic N) is 1. The first-order valence-electron chi connectivity index (χ1n) is 8.03. The Morgan fingerprint density at radius 3 is 2.25 bits per heavy atom. The summed E-state index contributed by atoms with van der Waals surface area (Å²) in [6.45, 7) is 0. The van der Waals surface area contributed by atoms with E-state index in [4.69, 9.17) is 9.47 Å². The van der Waals surface area contributed by atoms with E-state index in [0.717, 1.165) is 0 Å². The first-order chi connectivity index (χ1) is 13.5. The molecule has 0 aromatic heterocycles. The molecule has 2 aromatic carbocycles. The van der Waals surface area contributed by atoms with Gasteiger partial charge in [0.15, 0.2) is 0 Å². The van der Waals surface area contributed by atoms with Gasteiger partial charge in [0.2, 0.25) is 0 Å². The van der Waals surface area contributed by atoms with Crippen molar-refractivity contribution in [3.05, 3.63) is 53.6 Å². The molecule has 0 atom stereocenters. The highest BCUT2D eigenvalue weighted by molar-refractivity contribution is 6.39. The van der Waals surface area contributed by atoms with Gasteiger partial charge in [-0.3, -0.25) is 9.59 Å². The van der Waals surface area contributed by atoms with Crippen molar-refractivity contribution in [3.63, 3.8) is 0 Å². The average Bonchev–Trinajstić information content (AvgIpc) is 2.73. The number of esters is 1. The topological polar surface area (TPSA) is 115 Å². The molecule has 0 saturated carbocycles. The molecule has 9 heteroatoms. The van der Waals surface area contributed by atoms with Gasteiger partial charge < -0.3 is 19.5 Å². The van der Waals surface area contributed by atoms with E-state index >= 15 is 0 Å².